The lowest BCUT2D eigenvalue weighted by molar-refractivity contribution is 0.631. The Bertz CT molecular complexity index is 1140. The van der Waals surface area contributed by atoms with E-state index in [1.54, 1.807) is 11.3 Å². The van der Waals surface area contributed by atoms with Crippen molar-refractivity contribution in [2.24, 2.45) is 4.99 Å². The zero-order valence-corrected chi connectivity index (χ0v) is 15.4. The zero-order valence-electron chi connectivity index (χ0n) is 13.8. The van der Waals surface area contributed by atoms with Crippen LogP contribution in [-0.4, -0.2) is 18.9 Å². The summed E-state index contributed by atoms with van der Waals surface area (Å²) in [6.45, 7) is 1.70. The Morgan fingerprint density at radius 1 is 1.00 bits per heavy atom. The second kappa shape index (κ2) is 6.31. The van der Waals surface area contributed by atoms with Gasteiger partial charge in [-0.3, -0.25) is 4.99 Å². The van der Waals surface area contributed by atoms with Crippen LogP contribution < -0.4 is 5.32 Å². The fourth-order valence-corrected chi connectivity index (χ4v) is 4.32. The number of aliphatic imine (C=N–C) groups is 1. The van der Waals surface area contributed by atoms with Crippen LogP contribution in [0.4, 0.5) is 0 Å². The second-order valence-electron chi connectivity index (χ2n) is 6.17. The molecule has 2 aromatic carbocycles. The van der Waals surface area contributed by atoms with Gasteiger partial charge in [0.1, 0.15) is 17.2 Å². The fourth-order valence-electron chi connectivity index (χ4n) is 3.28. The summed E-state index contributed by atoms with van der Waals surface area (Å²) in [5, 5.41) is 4.43. The van der Waals surface area contributed by atoms with Crippen LogP contribution in [0, 0.1) is 0 Å². The summed E-state index contributed by atoms with van der Waals surface area (Å²) in [5.41, 5.74) is 4.16. The Balaban J connectivity index is 1.61. The summed E-state index contributed by atoms with van der Waals surface area (Å²) in [7, 11) is 0. The summed E-state index contributed by atoms with van der Waals surface area (Å²) >= 11 is 7.66. The number of nitrogens with zero attached hydrogens (tertiary/aromatic N) is 1. The van der Waals surface area contributed by atoms with E-state index in [1.807, 2.05) is 30.3 Å². The van der Waals surface area contributed by atoms with Crippen LogP contribution in [0.2, 0.25) is 4.34 Å². The van der Waals surface area contributed by atoms with Crippen LogP contribution in [0.1, 0.15) is 5.56 Å². The first-order valence-electron chi connectivity index (χ1n) is 8.45. The van der Waals surface area contributed by atoms with Crippen molar-refractivity contribution in [1.29, 1.82) is 0 Å². The lowest BCUT2D eigenvalue weighted by Gasteiger charge is -2.07. The Kier molecular flexibility index (Phi) is 3.80. The van der Waals surface area contributed by atoms with Crippen molar-refractivity contribution in [1.82, 2.24) is 5.32 Å². The maximum absolute atomic E-state index is 6.14. The second-order valence-corrected chi connectivity index (χ2v) is 7.88. The Morgan fingerprint density at radius 2 is 1.88 bits per heavy atom. The molecule has 3 nitrogen and oxygen atoms in total. The van der Waals surface area contributed by atoms with Crippen LogP contribution in [-0.2, 0) is 0 Å². The van der Waals surface area contributed by atoms with E-state index >= 15 is 0 Å². The number of nitrogens with one attached hydrogen (secondary N) is 1. The van der Waals surface area contributed by atoms with Crippen molar-refractivity contribution in [3.8, 4) is 21.8 Å². The van der Waals surface area contributed by atoms with E-state index in [9.17, 15) is 0 Å². The third-order valence-electron chi connectivity index (χ3n) is 4.50. The average molecular weight is 379 g/mol. The number of furan rings is 1. The molecule has 0 saturated heterocycles. The van der Waals surface area contributed by atoms with Crippen molar-refractivity contribution in [2.75, 3.05) is 13.1 Å². The summed E-state index contributed by atoms with van der Waals surface area (Å²) in [5.74, 6) is 1.79. The van der Waals surface area contributed by atoms with Crippen molar-refractivity contribution in [3.05, 3.63) is 70.6 Å². The van der Waals surface area contributed by atoms with E-state index < -0.39 is 0 Å². The molecule has 2 aromatic heterocycles. The highest BCUT2D eigenvalue weighted by Gasteiger charge is 2.16. The molecule has 0 unspecified atom stereocenters. The molecule has 0 aliphatic carbocycles. The number of amidine groups is 1. The topological polar surface area (TPSA) is 37.5 Å². The van der Waals surface area contributed by atoms with E-state index in [4.69, 9.17) is 16.0 Å². The lowest BCUT2D eigenvalue weighted by Crippen LogP contribution is -2.20. The van der Waals surface area contributed by atoms with Gasteiger partial charge in [-0.2, -0.15) is 0 Å². The Hall–Kier alpha value is -2.56. The maximum Gasteiger partial charge on any atom is 0.136 e. The van der Waals surface area contributed by atoms with Gasteiger partial charge in [-0.1, -0.05) is 35.9 Å². The largest absolute Gasteiger partial charge is 0.456 e. The number of benzene rings is 2. The molecule has 5 heteroatoms. The van der Waals surface area contributed by atoms with Gasteiger partial charge in [-0.05, 0) is 42.0 Å². The van der Waals surface area contributed by atoms with E-state index in [0.717, 1.165) is 61.6 Å². The van der Waals surface area contributed by atoms with Gasteiger partial charge in [0.15, 0.2) is 0 Å². The monoisotopic (exact) mass is 378 g/mol. The van der Waals surface area contributed by atoms with Gasteiger partial charge in [-0.25, -0.2) is 0 Å². The van der Waals surface area contributed by atoms with Gasteiger partial charge < -0.3 is 9.73 Å². The molecule has 0 atom stereocenters. The van der Waals surface area contributed by atoms with Gasteiger partial charge in [-0.15, -0.1) is 11.3 Å². The molecule has 3 heterocycles. The normalized spacial score (nSPS) is 13.8. The van der Waals surface area contributed by atoms with Crippen molar-refractivity contribution >= 4 is 39.7 Å². The van der Waals surface area contributed by atoms with E-state index in [0.29, 0.717) is 0 Å². The van der Waals surface area contributed by atoms with Crippen LogP contribution >= 0.6 is 22.9 Å². The van der Waals surface area contributed by atoms with Gasteiger partial charge in [0.2, 0.25) is 0 Å². The number of hydrogen-bond acceptors (Lipinski definition) is 4. The Labute approximate surface area is 159 Å². The number of halogens is 1. The van der Waals surface area contributed by atoms with Crippen LogP contribution in [0.25, 0.3) is 32.7 Å². The van der Waals surface area contributed by atoms with Gasteiger partial charge in [0.05, 0.1) is 10.9 Å². The molecular formula is C21H15ClN2OS. The highest BCUT2D eigenvalue weighted by atomic mass is 35.5. The van der Waals surface area contributed by atoms with Crippen LogP contribution in [0.15, 0.2) is 70.1 Å². The minimum atomic E-state index is 0.798. The zero-order chi connectivity index (χ0) is 17.5. The SMILES string of the molecule is Clc1ccc(-c2ccc3oc(-c4ccccc4C4=NCCN4)cc3c2)s1. The molecule has 128 valence electrons. The predicted molar refractivity (Wildman–Crippen MR) is 109 cm³/mol. The smallest absolute Gasteiger partial charge is 0.136 e. The molecule has 0 radical (unpaired) electrons. The quantitative estimate of drug-likeness (QED) is 0.487. The summed E-state index contributed by atoms with van der Waals surface area (Å²) in [4.78, 5) is 5.71. The summed E-state index contributed by atoms with van der Waals surface area (Å²) in [6.07, 6.45) is 0. The summed E-state index contributed by atoms with van der Waals surface area (Å²) < 4.78 is 6.94. The van der Waals surface area contributed by atoms with Gasteiger partial charge in [0, 0.05) is 27.9 Å². The average Bonchev–Trinajstić information content (AvgIpc) is 3.41. The highest BCUT2D eigenvalue weighted by Crippen LogP contribution is 2.35. The Morgan fingerprint density at radius 3 is 2.65 bits per heavy atom. The minimum absolute atomic E-state index is 0.798. The number of hydrogen-bond donors (Lipinski definition) is 1. The minimum Gasteiger partial charge on any atom is -0.456 e. The van der Waals surface area contributed by atoms with E-state index in [2.05, 4.69) is 40.6 Å². The molecule has 1 N–H and O–H groups in total. The first-order chi connectivity index (χ1) is 12.8. The fraction of sp³-hybridized carbons (Fsp3) is 0.0952. The van der Waals surface area contributed by atoms with E-state index in [1.165, 1.54) is 0 Å². The molecule has 4 aromatic rings. The lowest BCUT2D eigenvalue weighted by atomic mass is 10.0. The van der Waals surface area contributed by atoms with Crippen LogP contribution in [0.3, 0.4) is 0 Å². The van der Waals surface area contributed by atoms with Crippen molar-refractivity contribution in [2.45, 2.75) is 0 Å². The first-order valence-corrected chi connectivity index (χ1v) is 9.65. The number of rotatable bonds is 3. The molecule has 5 rings (SSSR count). The third-order valence-corrected chi connectivity index (χ3v) is 5.78. The molecule has 26 heavy (non-hydrogen) atoms. The maximum atomic E-state index is 6.14. The van der Waals surface area contributed by atoms with Gasteiger partial charge >= 0.3 is 0 Å². The number of thiophene rings is 1. The van der Waals surface area contributed by atoms with Gasteiger partial charge in [0.25, 0.3) is 0 Å². The molecule has 0 bridgehead atoms. The molecule has 0 amide bonds. The van der Waals surface area contributed by atoms with Crippen LogP contribution in [0.5, 0.6) is 0 Å². The molecule has 0 fully saturated rings. The summed E-state index contributed by atoms with van der Waals surface area (Å²) in [6, 6.07) is 20.5. The first kappa shape index (κ1) is 15.7. The van der Waals surface area contributed by atoms with Crippen molar-refractivity contribution in [3.63, 3.8) is 0 Å². The third kappa shape index (κ3) is 2.71. The molecule has 1 aliphatic rings. The van der Waals surface area contributed by atoms with E-state index in [-0.39, 0.29) is 0 Å². The standard InChI is InChI=1S/C21H15ClN2OS/c22-20-8-7-19(26-20)13-5-6-17-14(11-13)12-18(25-17)15-3-1-2-4-16(15)21-23-9-10-24-21/h1-8,11-12H,9-10H2,(H,23,24). The number of fused-ring (bicyclic) bond motifs is 1. The molecular weight excluding hydrogens is 364 g/mol. The molecule has 1 aliphatic heterocycles. The highest BCUT2D eigenvalue weighted by molar-refractivity contribution is 7.19. The molecule has 0 spiro atoms. The molecule has 0 saturated carbocycles. The predicted octanol–water partition coefficient (Wildman–Crippen LogP) is 5.83. The van der Waals surface area contributed by atoms with Crippen molar-refractivity contribution < 1.29 is 4.42 Å².